The summed E-state index contributed by atoms with van der Waals surface area (Å²) in [5.41, 5.74) is 0.900. The van der Waals surface area contributed by atoms with Crippen molar-refractivity contribution in [1.82, 2.24) is 20.2 Å². The van der Waals surface area contributed by atoms with Crippen molar-refractivity contribution >= 4 is 12.0 Å². The first kappa shape index (κ1) is 17.9. The van der Waals surface area contributed by atoms with Crippen molar-refractivity contribution in [3.63, 3.8) is 0 Å². The van der Waals surface area contributed by atoms with E-state index < -0.39 is 6.10 Å². The minimum Gasteiger partial charge on any atom is -0.467 e. The fourth-order valence-electron chi connectivity index (χ4n) is 2.45. The average molecular weight is 335 g/mol. The number of anilines is 1. The van der Waals surface area contributed by atoms with E-state index in [-0.39, 0.29) is 12.1 Å². The van der Waals surface area contributed by atoms with Gasteiger partial charge in [-0.1, -0.05) is 0 Å². The van der Waals surface area contributed by atoms with Crippen LogP contribution in [0.5, 0.6) is 0 Å². The van der Waals surface area contributed by atoms with Crippen LogP contribution >= 0.6 is 0 Å². The molecule has 8 heteroatoms. The molecule has 0 aromatic carbocycles. The van der Waals surface area contributed by atoms with Crippen LogP contribution in [0.3, 0.4) is 0 Å². The third-order valence-corrected chi connectivity index (χ3v) is 3.72. The predicted octanol–water partition coefficient (Wildman–Crippen LogP) is 1.39. The first-order valence-electron chi connectivity index (χ1n) is 7.82. The van der Waals surface area contributed by atoms with Gasteiger partial charge in [-0.2, -0.15) is 0 Å². The molecule has 0 bridgehead atoms. The molecule has 0 radical (unpaired) electrons. The molecule has 8 nitrogen and oxygen atoms in total. The summed E-state index contributed by atoms with van der Waals surface area (Å²) in [5, 5.41) is 15.6. The van der Waals surface area contributed by atoms with Crippen LogP contribution in [0.1, 0.15) is 30.9 Å². The zero-order valence-electron chi connectivity index (χ0n) is 14.5. The van der Waals surface area contributed by atoms with Gasteiger partial charge in [-0.3, -0.25) is 0 Å². The van der Waals surface area contributed by atoms with E-state index in [4.69, 9.17) is 4.42 Å². The largest absolute Gasteiger partial charge is 0.467 e. The third kappa shape index (κ3) is 4.51. The Morgan fingerprint density at radius 1 is 1.50 bits per heavy atom. The molecule has 0 unspecified atom stereocenters. The Kier molecular flexibility index (Phi) is 5.86. The van der Waals surface area contributed by atoms with Crippen molar-refractivity contribution in [2.75, 3.05) is 19.0 Å². The van der Waals surface area contributed by atoms with Crippen molar-refractivity contribution in [3.8, 4) is 0 Å². The molecule has 2 rings (SSSR count). The fourth-order valence-corrected chi connectivity index (χ4v) is 2.45. The van der Waals surface area contributed by atoms with Crippen LogP contribution in [0.4, 0.5) is 10.7 Å². The molecular formula is C16H25N5O3. The Bertz CT molecular complexity index is 651. The van der Waals surface area contributed by atoms with Crippen LogP contribution in [0.15, 0.2) is 29.0 Å². The Hall–Kier alpha value is -2.48. The van der Waals surface area contributed by atoms with E-state index in [0.717, 1.165) is 11.6 Å². The number of aromatic nitrogens is 2. The average Bonchev–Trinajstić information content (AvgIpc) is 3.14. The third-order valence-electron chi connectivity index (χ3n) is 3.72. The van der Waals surface area contributed by atoms with Gasteiger partial charge in [0.1, 0.15) is 11.9 Å². The summed E-state index contributed by atoms with van der Waals surface area (Å²) < 4.78 is 7.07. The lowest BCUT2D eigenvalue weighted by molar-refractivity contribution is 0.129. The van der Waals surface area contributed by atoms with Gasteiger partial charge in [0.25, 0.3) is 0 Å². The molecule has 0 spiro atoms. The number of amides is 2. The van der Waals surface area contributed by atoms with Crippen LogP contribution in [0, 0.1) is 0 Å². The summed E-state index contributed by atoms with van der Waals surface area (Å²) in [6.45, 7) is 2.20. The summed E-state index contributed by atoms with van der Waals surface area (Å²) in [6.07, 6.45) is 2.88. The van der Waals surface area contributed by atoms with Crippen molar-refractivity contribution < 1.29 is 14.3 Å². The zero-order chi connectivity index (χ0) is 17.7. The van der Waals surface area contributed by atoms with Gasteiger partial charge in [0.2, 0.25) is 5.95 Å². The molecule has 0 fully saturated rings. The number of carbonyl (C=O) groups excluding carboxylic acids is 1. The molecule has 2 aromatic rings. The lowest BCUT2D eigenvalue weighted by Crippen LogP contribution is -2.41. The van der Waals surface area contributed by atoms with Gasteiger partial charge in [-0.15, -0.1) is 0 Å². The topological polar surface area (TPSA) is 95.6 Å². The number of aliphatic hydroxyl groups is 1. The van der Waals surface area contributed by atoms with Gasteiger partial charge < -0.3 is 29.6 Å². The number of imidazole rings is 1. The maximum atomic E-state index is 12.0. The number of hydrogen-bond acceptors (Lipinski definition) is 5. The van der Waals surface area contributed by atoms with Crippen LogP contribution in [0.2, 0.25) is 0 Å². The molecule has 0 aliphatic heterocycles. The highest BCUT2D eigenvalue weighted by atomic mass is 16.4. The summed E-state index contributed by atoms with van der Waals surface area (Å²) in [5.74, 6) is 1.32. The van der Waals surface area contributed by atoms with E-state index in [0.29, 0.717) is 18.7 Å². The highest BCUT2D eigenvalue weighted by molar-refractivity contribution is 5.74. The number of carbonyl (C=O) groups is 1. The van der Waals surface area contributed by atoms with Crippen molar-refractivity contribution in [2.24, 2.45) is 7.05 Å². The highest BCUT2D eigenvalue weighted by Crippen LogP contribution is 2.18. The van der Waals surface area contributed by atoms with Gasteiger partial charge in [0, 0.05) is 33.6 Å². The van der Waals surface area contributed by atoms with E-state index in [2.05, 4.69) is 15.6 Å². The normalized spacial score (nSPS) is 13.4. The number of rotatable bonds is 7. The maximum Gasteiger partial charge on any atom is 0.315 e. The summed E-state index contributed by atoms with van der Waals surface area (Å²) in [4.78, 5) is 18.2. The maximum absolute atomic E-state index is 12.0. The summed E-state index contributed by atoms with van der Waals surface area (Å²) in [6, 6.07) is 2.94. The van der Waals surface area contributed by atoms with Gasteiger partial charge >= 0.3 is 6.03 Å². The van der Waals surface area contributed by atoms with Crippen molar-refractivity contribution in [2.45, 2.75) is 32.0 Å². The Morgan fingerprint density at radius 2 is 2.25 bits per heavy atom. The standard InChI is InChI=1S/C16H25N5O3/c1-11(8-13(22)14-6-5-7-24-14)19-15(23)17-9-12-10-18-16(20(2)3)21(12)4/h5-7,10-11,13,22H,8-9H2,1-4H3,(H2,17,19,23)/t11-,13+/m1/s1. The first-order chi connectivity index (χ1) is 11.4. The second kappa shape index (κ2) is 7.87. The van der Waals surface area contributed by atoms with E-state index in [9.17, 15) is 9.90 Å². The molecule has 2 atom stereocenters. The minimum atomic E-state index is -0.741. The van der Waals surface area contributed by atoms with Gasteiger partial charge in [-0.25, -0.2) is 9.78 Å². The molecule has 0 saturated carbocycles. The molecule has 24 heavy (non-hydrogen) atoms. The molecule has 0 aliphatic carbocycles. The van der Waals surface area contributed by atoms with E-state index >= 15 is 0 Å². The Balaban J connectivity index is 1.78. The Morgan fingerprint density at radius 3 is 2.83 bits per heavy atom. The molecular weight excluding hydrogens is 310 g/mol. The molecule has 3 N–H and O–H groups in total. The fraction of sp³-hybridized carbons (Fsp3) is 0.500. The molecule has 0 aliphatic rings. The van der Waals surface area contributed by atoms with Crippen molar-refractivity contribution in [3.05, 3.63) is 36.0 Å². The zero-order valence-corrected chi connectivity index (χ0v) is 14.5. The number of furan rings is 1. The van der Waals surface area contributed by atoms with Crippen LogP contribution in [-0.2, 0) is 13.6 Å². The summed E-state index contributed by atoms with van der Waals surface area (Å²) in [7, 11) is 5.73. The van der Waals surface area contributed by atoms with Crippen LogP contribution in [0.25, 0.3) is 0 Å². The molecule has 132 valence electrons. The van der Waals surface area contributed by atoms with Gasteiger partial charge in [0.05, 0.1) is 24.7 Å². The highest BCUT2D eigenvalue weighted by Gasteiger charge is 2.16. The second-order valence-electron chi connectivity index (χ2n) is 6.00. The summed E-state index contributed by atoms with van der Waals surface area (Å²) >= 11 is 0. The lowest BCUT2D eigenvalue weighted by atomic mass is 10.1. The van der Waals surface area contributed by atoms with Crippen molar-refractivity contribution in [1.29, 1.82) is 0 Å². The number of urea groups is 1. The number of nitrogens with one attached hydrogen (secondary N) is 2. The van der Waals surface area contributed by atoms with Gasteiger partial charge in [0.15, 0.2) is 0 Å². The number of aliphatic hydroxyl groups excluding tert-OH is 1. The van der Waals surface area contributed by atoms with E-state index in [1.807, 2.05) is 37.5 Å². The molecule has 2 aromatic heterocycles. The first-order valence-corrected chi connectivity index (χ1v) is 7.82. The SMILES string of the molecule is C[C@H](C[C@H](O)c1ccco1)NC(=O)NCc1cnc(N(C)C)n1C. The number of nitrogens with zero attached hydrogens (tertiary/aromatic N) is 3. The molecule has 0 saturated heterocycles. The lowest BCUT2D eigenvalue weighted by Gasteiger charge is -2.17. The molecule has 2 amide bonds. The smallest absolute Gasteiger partial charge is 0.315 e. The predicted molar refractivity (Wildman–Crippen MR) is 90.7 cm³/mol. The Labute approximate surface area is 141 Å². The van der Waals surface area contributed by atoms with Crippen LogP contribution in [-0.4, -0.2) is 40.8 Å². The monoisotopic (exact) mass is 335 g/mol. The second-order valence-corrected chi connectivity index (χ2v) is 6.00. The minimum absolute atomic E-state index is 0.200. The van der Waals surface area contributed by atoms with E-state index in [1.165, 1.54) is 6.26 Å². The molecule has 2 heterocycles. The number of hydrogen-bond donors (Lipinski definition) is 3. The quantitative estimate of drug-likeness (QED) is 0.711. The van der Waals surface area contributed by atoms with E-state index in [1.54, 1.807) is 18.3 Å². The van der Waals surface area contributed by atoms with Gasteiger partial charge in [-0.05, 0) is 19.1 Å². The van der Waals surface area contributed by atoms with Crippen LogP contribution < -0.4 is 15.5 Å².